The van der Waals surface area contributed by atoms with Crippen LogP contribution in [0.15, 0.2) is 24.3 Å². The van der Waals surface area contributed by atoms with Gasteiger partial charge in [-0.2, -0.15) is 5.26 Å². The standard InChI is InChI=1S/C17H22N2O3/c1-12-5-4-8-17(10-12,11-18)19-16(21)15(20)13-6-3-7-14(9-13)22-2/h3,6-7,9,12,15,20H,4-5,8,10H2,1-2H3,(H,19,21). The number of nitrogens with one attached hydrogen (secondary N) is 1. The average molecular weight is 302 g/mol. The number of carbonyl (C=O) groups excluding carboxylic acids is 1. The van der Waals surface area contributed by atoms with Gasteiger partial charge in [0, 0.05) is 0 Å². The zero-order valence-corrected chi connectivity index (χ0v) is 13.0. The predicted molar refractivity (Wildman–Crippen MR) is 82.1 cm³/mol. The van der Waals surface area contributed by atoms with Crippen molar-refractivity contribution in [2.45, 2.75) is 44.2 Å². The van der Waals surface area contributed by atoms with Crippen molar-refractivity contribution in [2.75, 3.05) is 7.11 Å². The van der Waals surface area contributed by atoms with Gasteiger partial charge in [0.2, 0.25) is 0 Å². The van der Waals surface area contributed by atoms with Gasteiger partial charge in [0.1, 0.15) is 11.3 Å². The molecule has 5 nitrogen and oxygen atoms in total. The molecule has 0 spiro atoms. The number of rotatable bonds is 4. The van der Waals surface area contributed by atoms with Gasteiger partial charge in [-0.1, -0.05) is 25.5 Å². The average Bonchev–Trinajstić information content (AvgIpc) is 2.54. The summed E-state index contributed by atoms with van der Waals surface area (Å²) >= 11 is 0. The maximum Gasteiger partial charge on any atom is 0.254 e. The molecule has 0 radical (unpaired) electrons. The molecule has 1 aliphatic rings. The van der Waals surface area contributed by atoms with E-state index in [0.717, 1.165) is 12.8 Å². The second-order valence-electron chi connectivity index (χ2n) is 6.06. The number of carbonyl (C=O) groups is 1. The highest BCUT2D eigenvalue weighted by Crippen LogP contribution is 2.32. The molecule has 0 bridgehead atoms. The highest BCUT2D eigenvalue weighted by molar-refractivity contribution is 5.83. The number of benzene rings is 1. The van der Waals surface area contributed by atoms with Crippen molar-refractivity contribution in [3.8, 4) is 11.8 Å². The van der Waals surface area contributed by atoms with Crippen LogP contribution in [0, 0.1) is 17.2 Å². The van der Waals surface area contributed by atoms with Crippen LogP contribution in [0.25, 0.3) is 0 Å². The van der Waals surface area contributed by atoms with Gasteiger partial charge in [-0.3, -0.25) is 4.79 Å². The quantitative estimate of drug-likeness (QED) is 0.894. The van der Waals surface area contributed by atoms with Gasteiger partial charge in [-0.25, -0.2) is 0 Å². The molecule has 0 heterocycles. The number of nitriles is 1. The monoisotopic (exact) mass is 302 g/mol. The van der Waals surface area contributed by atoms with E-state index in [9.17, 15) is 15.2 Å². The largest absolute Gasteiger partial charge is 0.497 e. The van der Waals surface area contributed by atoms with Crippen LogP contribution in [0.5, 0.6) is 5.75 Å². The lowest BCUT2D eigenvalue weighted by molar-refractivity contribution is -0.131. The number of hydrogen-bond acceptors (Lipinski definition) is 4. The molecule has 2 N–H and O–H groups in total. The Morgan fingerprint density at radius 2 is 2.36 bits per heavy atom. The highest BCUT2D eigenvalue weighted by atomic mass is 16.5. The third kappa shape index (κ3) is 3.58. The van der Waals surface area contributed by atoms with Gasteiger partial charge < -0.3 is 15.2 Å². The Morgan fingerprint density at radius 3 is 3.00 bits per heavy atom. The first-order chi connectivity index (χ1) is 10.5. The Labute approximate surface area is 130 Å². The number of aliphatic hydroxyl groups is 1. The minimum Gasteiger partial charge on any atom is -0.497 e. The molecular weight excluding hydrogens is 280 g/mol. The van der Waals surface area contributed by atoms with Crippen LogP contribution in [-0.4, -0.2) is 23.7 Å². The van der Waals surface area contributed by atoms with Gasteiger partial charge >= 0.3 is 0 Å². The van der Waals surface area contributed by atoms with Crippen LogP contribution < -0.4 is 10.1 Å². The van der Waals surface area contributed by atoms with Gasteiger partial charge in [0.15, 0.2) is 6.10 Å². The number of ether oxygens (including phenoxy) is 1. The van der Waals surface area contributed by atoms with E-state index in [1.54, 1.807) is 24.3 Å². The van der Waals surface area contributed by atoms with Gasteiger partial charge in [-0.05, 0) is 42.9 Å². The van der Waals surface area contributed by atoms with Crippen LogP contribution in [0.1, 0.15) is 44.3 Å². The Balaban J connectivity index is 2.11. The van der Waals surface area contributed by atoms with Gasteiger partial charge in [-0.15, -0.1) is 0 Å². The lowest BCUT2D eigenvalue weighted by Gasteiger charge is -2.35. The van der Waals surface area contributed by atoms with Gasteiger partial charge in [0.05, 0.1) is 13.2 Å². The summed E-state index contributed by atoms with van der Waals surface area (Å²) < 4.78 is 5.09. The second kappa shape index (κ2) is 6.80. The molecule has 1 aromatic rings. The molecule has 1 aromatic carbocycles. The van der Waals surface area contributed by atoms with Gasteiger partial charge in [0.25, 0.3) is 5.91 Å². The zero-order valence-electron chi connectivity index (χ0n) is 13.0. The first-order valence-corrected chi connectivity index (χ1v) is 7.55. The molecule has 1 saturated carbocycles. The lowest BCUT2D eigenvalue weighted by atomic mass is 9.77. The normalized spacial score (nSPS) is 25.8. The summed E-state index contributed by atoms with van der Waals surface area (Å²) in [6.45, 7) is 2.08. The molecule has 0 saturated heterocycles. The zero-order chi connectivity index (χ0) is 16.2. The molecule has 1 amide bonds. The summed E-state index contributed by atoms with van der Waals surface area (Å²) in [5, 5.41) is 22.5. The fourth-order valence-corrected chi connectivity index (χ4v) is 3.06. The molecule has 1 fully saturated rings. The van der Waals surface area contributed by atoms with Crippen LogP contribution in [0.2, 0.25) is 0 Å². The Morgan fingerprint density at radius 1 is 1.59 bits per heavy atom. The summed E-state index contributed by atoms with van der Waals surface area (Å²) in [5.74, 6) is 0.428. The second-order valence-corrected chi connectivity index (χ2v) is 6.06. The van der Waals surface area contributed by atoms with Crippen molar-refractivity contribution in [1.82, 2.24) is 5.32 Å². The smallest absolute Gasteiger partial charge is 0.254 e. The van der Waals surface area contributed by atoms with E-state index < -0.39 is 17.6 Å². The minimum atomic E-state index is -1.31. The van der Waals surface area contributed by atoms with E-state index in [-0.39, 0.29) is 0 Å². The van der Waals surface area contributed by atoms with Crippen LogP contribution in [0.3, 0.4) is 0 Å². The summed E-state index contributed by atoms with van der Waals surface area (Å²) in [5.41, 5.74) is -0.414. The topological polar surface area (TPSA) is 82.3 Å². The molecule has 118 valence electrons. The van der Waals surface area contributed by atoms with Crippen molar-refractivity contribution in [3.05, 3.63) is 29.8 Å². The maximum absolute atomic E-state index is 12.3. The van der Waals surface area contributed by atoms with Crippen molar-refractivity contribution in [3.63, 3.8) is 0 Å². The fourth-order valence-electron chi connectivity index (χ4n) is 3.06. The highest BCUT2D eigenvalue weighted by Gasteiger charge is 2.37. The molecule has 3 atom stereocenters. The van der Waals surface area contributed by atoms with Crippen molar-refractivity contribution in [2.24, 2.45) is 5.92 Å². The van der Waals surface area contributed by atoms with E-state index in [4.69, 9.17) is 4.74 Å². The molecule has 2 rings (SSSR count). The number of hydrogen-bond donors (Lipinski definition) is 2. The molecular formula is C17H22N2O3. The number of amides is 1. The number of methoxy groups -OCH3 is 1. The molecule has 3 unspecified atom stereocenters. The molecule has 5 heteroatoms. The van der Waals surface area contributed by atoms with E-state index in [1.165, 1.54) is 7.11 Å². The summed E-state index contributed by atoms with van der Waals surface area (Å²) in [6.07, 6.45) is 1.92. The Hall–Kier alpha value is -2.06. The van der Waals surface area contributed by atoms with Crippen LogP contribution in [-0.2, 0) is 4.79 Å². The summed E-state index contributed by atoms with van der Waals surface area (Å²) in [4.78, 5) is 12.3. The van der Waals surface area contributed by atoms with E-state index in [1.807, 2.05) is 0 Å². The van der Waals surface area contributed by atoms with Crippen molar-refractivity contribution in [1.29, 1.82) is 5.26 Å². The van der Waals surface area contributed by atoms with E-state index in [2.05, 4.69) is 18.3 Å². The first-order valence-electron chi connectivity index (χ1n) is 7.55. The maximum atomic E-state index is 12.3. The van der Waals surface area contributed by atoms with E-state index >= 15 is 0 Å². The molecule has 0 aliphatic heterocycles. The van der Waals surface area contributed by atoms with Crippen LogP contribution in [0.4, 0.5) is 0 Å². The Bertz CT molecular complexity index is 582. The minimum absolute atomic E-state index is 0.391. The number of aliphatic hydroxyl groups excluding tert-OH is 1. The van der Waals surface area contributed by atoms with Crippen LogP contribution >= 0.6 is 0 Å². The lowest BCUT2D eigenvalue weighted by Crippen LogP contribution is -2.51. The van der Waals surface area contributed by atoms with Crippen molar-refractivity contribution < 1.29 is 14.6 Å². The fraction of sp³-hybridized carbons (Fsp3) is 0.529. The first kappa shape index (κ1) is 16.3. The third-order valence-corrected chi connectivity index (χ3v) is 4.23. The molecule has 22 heavy (non-hydrogen) atoms. The summed E-state index contributed by atoms with van der Waals surface area (Å²) in [7, 11) is 1.53. The Kier molecular flexibility index (Phi) is 5.04. The third-order valence-electron chi connectivity index (χ3n) is 4.23. The SMILES string of the molecule is COc1cccc(C(O)C(=O)NC2(C#N)CCCC(C)C2)c1. The predicted octanol–water partition coefficient (Wildman–Crippen LogP) is 2.32. The van der Waals surface area contributed by atoms with Crippen molar-refractivity contribution >= 4 is 5.91 Å². The number of nitrogens with zero attached hydrogens (tertiary/aromatic N) is 1. The summed E-state index contributed by atoms with van der Waals surface area (Å²) in [6, 6.07) is 8.98. The van der Waals surface area contributed by atoms with E-state index in [0.29, 0.717) is 30.1 Å². The molecule has 0 aromatic heterocycles. The molecule has 1 aliphatic carbocycles.